The third-order valence-corrected chi connectivity index (χ3v) is 5.44. The third kappa shape index (κ3) is 3.99. The minimum atomic E-state index is -0.0447. The van der Waals surface area contributed by atoms with Crippen molar-refractivity contribution >= 4 is 17.5 Å². The average Bonchev–Trinajstić information content (AvgIpc) is 2.47. The zero-order chi connectivity index (χ0) is 16.4. The summed E-state index contributed by atoms with van der Waals surface area (Å²) in [6.07, 6.45) is 5.66. The maximum absolute atomic E-state index is 12.3. The Morgan fingerprint density at radius 2 is 2.04 bits per heavy atom. The number of aryl methyl sites for hydroxylation is 1. The van der Waals surface area contributed by atoms with Crippen molar-refractivity contribution < 1.29 is 9.53 Å². The molecule has 23 heavy (non-hydrogen) atoms. The van der Waals surface area contributed by atoms with Crippen LogP contribution >= 0.6 is 11.6 Å². The third-order valence-electron chi connectivity index (χ3n) is 5.20. The van der Waals surface area contributed by atoms with Gasteiger partial charge in [0, 0.05) is 17.1 Å². The van der Waals surface area contributed by atoms with Gasteiger partial charge in [0.25, 0.3) is 5.91 Å². The first-order valence-electron chi connectivity index (χ1n) is 8.47. The molecule has 3 rings (SSSR count). The van der Waals surface area contributed by atoms with E-state index >= 15 is 0 Å². The number of amides is 1. The summed E-state index contributed by atoms with van der Waals surface area (Å²) in [5.74, 6) is 1.71. The normalized spacial score (nSPS) is 29.9. The van der Waals surface area contributed by atoms with Crippen LogP contribution in [0.5, 0.6) is 5.75 Å². The van der Waals surface area contributed by atoms with Gasteiger partial charge in [0.05, 0.1) is 0 Å². The van der Waals surface area contributed by atoms with Crippen LogP contribution in [0.15, 0.2) is 18.2 Å². The SMILES string of the molecule is Cc1cc(Cl)ccc1OCC(=O)NC1C2CCCC1CC(N)C2. The monoisotopic (exact) mass is 336 g/mol. The van der Waals surface area contributed by atoms with E-state index in [9.17, 15) is 4.79 Å². The van der Waals surface area contributed by atoms with Crippen molar-refractivity contribution in [1.82, 2.24) is 5.32 Å². The van der Waals surface area contributed by atoms with Gasteiger partial charge in [-0.15, -0.1) is 0 Å². The predicted octanol–water partition coefficient (Wildman–Crippen LogP) is 3.05. The number of ether oxygens (including phenoxy) is 1. The van der Waals surface area contributed by atoms with Crippen molar-refractivity contribution in [2.24, 2.45) is 17.6 Å². The number of hydrogen-bond acceptors (Lipinski definition) is 3. The molecule has 5 heteroatoms. The Kier molecular flexibility index (Phi) is 5.12. The number of carbonyl (C=O) groups excluding carboxylic acids is 1. The van der Waals surface area contributed by atoms with E-state index in [0.29, 0.717) is 28.6 Å². The zero-order valence-corrected chi connectivity index (χ0v) is 14.3. The average molecular weight is 337 g/mol. The van der Waals surface area contributed by atoms with Gasteiger partial charge in [0.15, 0.2) is 6.61 Å². The summed E-state index contributed by atoms with van der Waals surface area (Å²) in [5.41, 5.74) is 7.07. The quantitative estimate of drug-likeness (QED) is 0.888. The van der Waals surface area contributed by atoms with E-state index in [0.717, 1.165) is 18.4 Å². The minimum Gasteiger partial charge on any atom is -0.484 e. The highest BCUT2D eigenvalue weighted by atomic mass is 35.5. The Labute approximate surface area is 142 Å². The molecule has 2 saturated carbocycles. The molecule has 4 nitrogen and oxygen atoms in total. The Morgan fingerprint density at radius 1 is 1.35 bits per heavy atom. The second-order valence-corrected chi connectivity index (χ2v) is 7.41. The van der Waals surface area contributed by atoms with Gasteiger partial charge in [0.1, 0.15) is 5.75 Å². The van der Waals surface area contributed by atoms with Gasteiger partial charge < -0.3 is 15.8 Å². The lowest BCUT2D eigenvalue weighted by atomic mass is 9.67. The van der Waals surface area contributed by atoms with E-state index in [4.69, 9.17) is 22.1 Å². The number of halogens is 1. The van der Waals surface area contributed by atoms with Crippen LogP contribution in [0.3, 0.4) is 0 Å². The molecule has 2 fully saturated rings. The van der Waals surface area contributed by atoms with Gasteiger partial charge in [-0.25, -0.2) is 0 Å². The van der Waals surface area contributed by atoms with Crippen LogP contribution < -0.4 is 15.8 Å². The molecule has 2 aliphatic carbocycles. The van der Waals surface area contributed by atoms with E-state index in [-0.39, 0.29) is 18.6 Å². The van der Waals surface area contributed by atoms with E-state index in [2.05, 4.69) is 5.32 Å². The summed E-state index contributed by atoms with van der Waals surface area (Å²) in [5, 5.41) is 3.87. The highest BCUT2D eigenvalue weighted by Gasteiger charge is 2.39. The summed E-state index contributed by atoms with van der Waals surface area (Å²) in [6, 6.07) is 5.98. The summed E-state index contributed by atoms with van der Waals surface area (Å²) < 4.78 is 5.64. The molecule has 1 aromatic rings. The predicted molar refractivity (Wildman–Crippen MR) is 91.7 cm³/mol. The van der Waals surface area contributed by atoms with Gasteiger partial charge in [-0.05, 0) is 68.2 Å². The number of nitrogens with two attached hydrogens (primary N) is 1. The fourth-order valence-corrected chi connectivity index (χ4v) is 4.40. The van der Waals surface area contributed by atoms with E-state index < -0.39 is 0 Å². The fourth-order valence-electron chi connectivity index (χ4n) is 4.17. The summed E-state index contributed by atoms with van der Waals surface area (Å²) in [7, 11) is 0. The number of fused-ring (bicyclic) bond motifs is 2. The Bertz CT molecular complexity index is 564. The molecule has 0 heterocycles. The Hall–Kier alpha value is -1.26. The van der Waals surface area contributed by atoms with Crippen LogP contribution in [0.1, 0.15) is 37.7 Å². The smallest absolute Gasteiger partial charge is 0.258 e. The van der Waals surface area contributed by atoms with Crippen LogP contribution in [0.25, 0.3) is 0 Å². The van der Waals surface area contributed by atoms with Gasteiger partial charge in [-0.3, -0.25) is 4.79 Å². The number of carbonyl (C=O) groups is 1. The maximum atomic E-state index is 12.3. The van der Waals surface area contributed by atoms with Crippen LogP contribution in [0.4, 0.5) is 0 Å². The molecular formula is C18H25ClN2O2. The summed E-state index contributed by atoms with van der Waals surface area (Å²) in [4.78, 5) is 12.3. The van der Waals surface area contributed by atoms with Gasteiger partial charge in [-0.1, -0.05) is 18.0 Å². The molecule has 2 unspecified atom stereocenters. The first-order chi connectivity index (χ1) is 11.0. The van der Waals surface area contributed by atoms with E-state index in [1.807, 2.05) is 13.0 Å². The molecule has 3 N–H and O–H groups in total. The van der Waals surface area contributed by atoms with Crippen molar-refractivity contribution in [3.63, 3.8) is 0 Å². The van der Waals surface area contributed by atoms with Crippen LogP contribution in [-0.2, 0) is 4.79 Å². The lowest BCUT2D eigenvalue weighted by molar-refractivity contribution is -0.125. The van der Waals surface area contributed by atoms with E-state index in [1.165, 1.54) is 19.3 Å². The van der Waals surface area contributed by atoms with E-state index in [1.54, 1.807) is 12.1 Å². The molecule has 0 spiro atoms. The molecule has 0 saturated heterocycles. The van der Waals surface area contributed by atoms with Crippen molar-refractivity contribution in [3.8, 4) is 5.75 Å². The highest BCUT2D eigenvalue weighted by molar-refractivity contribution is 6.30. The van der Waals surface area contributed by atoms with Crippen LogP contribution in [0, 0.1) is 18.8 Å². The van der Waals surface area contributed by atoms with Gasteiger partial charge in [-0.2, -0.15) is 0 Å². The molecule has 0 aliphatic heterocycles. The maximum Gasteiger partial charge on any atom is 0.258 e. The summed E-state index contributed by atoms with van der Waals surface area (Å²) in [6.45, 7) is 1.97. The van der Waals surface area contributed by atoms with Crippen LogP contribution in [-0.4, -0.2) is 24.6 Å². The summed E-state index contributed by atoms with van der Waals surface area (Å²) >= 11 is 5.93. The number of rotatable bonds is 4. The molecule has 1 amide bonds. The number of benzene rings is 1. The number of hydrogen-bond donors (Lipinski definition) is 2. The first kappa shape index (κ1) is 16.6. The lowest BCUT2D eigenvalue weighted by Gasteiger charge is -2.45. The molecule has 126 valence electrons. The van der Waals surface area contributed by atoms with Crippen molar-refractivity contribution in [3.05, 3.63) is 28.8 Å². The molecule has 1 aromatic carbocycles. The van der Waals surface area contributed by atoms with Crippen LogP contribution in [0.2, 0.25) is 5.02 Å². The second kappa shape index (κ2) is 7.10. The largest absolute Gasteiger partial charge is 0.484 e. The van der Waals surface area contributed by atoms with Gasteiger partial charge >= 0.3 is 0 Å². The van der Waals surface area contributed by atoms with Crippen molar-refractivity contribution in [1.29, 1.82) is 0 Å². The van der Waals surface area contributed by atoms with Crippen molar-refractivity contribution in [2.75, 3.05) is 6.61 Å². The first-order valence-corrected chi connectivity index (χ1v) is 8.84. The minimum absolute atomic E-state index is 0.0447. The topological polar surface area (TPSA) is 64.3 Å². The molecule has 0 aromatic heterocycles. The Morgan fingerprint density at radius 3 is 2.70 bits per heavy atom. The highest BCUT2D eigenvalue weighted by Crippen LogP contribution is 2.39. The second-order valence-electron chi connectivity index (χ2n) is 6.97. The van der Waals surface area contributed by atoms with Gasteiger partial charge in [0.2, 0.25) is 0 Å². The number of nitrogens with one attached hydrogen (secondary N) is 1. The molecule has 0 radical (unpaired) electrons. The standard InChI is InChI=1S/C18H25ClN2O2/c1-11-7-14(19)5-6-16(11)23-10-17(22)21-18-12-3-2-4-13(18)9-15(20)8-12/h5-7,12-13,15,18H,2-4,8-10,20H2,1H3,(H,21,22). The molecule has 2 bridgehead atoms. The molecule has 2 aliphatic rings. The van der Waals surface area contributed by atoms with Crippen molar-refractivity contribution in [2.45, 2.75) is 51.1 Å². The lowest BCUT2D eigenvalue weighted by Crippen LogP contribution is -2.54. The Balaban J connectivity index is 1.55. The molecule has 2 atom stereocenters. The fraction of sp³-hybridized carbons (Fsp3) is 0.611. The molecular weight excluding hydrogens is 312 g/mol. The zero-order valence-electron chi connectivity index (χ0n) is 13.6.